The van der Waals surface area contributed by atoms with Crippen LogP contribution in [0.5, 0.6) is 0 Å². The molecule has 9 heteroatoms. The zero-order valence-electron chi connectivity index (χ0n) is 10.8. The summed E-state index contributed by atoms with van der Waals surface area (Å²) in [6.45, 7) is 0. The number of nitrogens with zero attached hydrogens (tertiary/aromatic N) is 1. The van der Waals surface area contributed by atoms with Gasteiger partial charge in [-0.25, -0.2) is 4.39 Å². The van der Waals surface area contributed by atoms with Gasteiger partial charge in [-0.05, 0) is 17.6 Å². The van der Waals surface area contributed by atoms with Crippen LogP contribution in [0.25, 0.3) is 0 Å². The summed E-state index contributed by atoms with van der Waals surface area (Å²) in [7, 11) is 2.35. The molecule has 1 aromatic carbocycles. The maximum atomic E-state index is 12.6. The van der Waals surface area contributed by atoms with Crippen molar-refractivity contribution in [2.75, 3.05) is 21.3 Å². The lowest BCUT2D eigenvalue weighted by atomic mass is 9.80. The van der Waals surface area contributed by atoms with E-state index in [4.69, 9.17) is 15.3 Å². The molecule has 1 aromatic rings. The van der Waals surface area contributed by atoms with E-state index in [0.717, 1.165) is 12.1 Å². The van der Waals surface area contributed by atoms with Crippen molar-refractivity contribution in [1.29, 1.82) is 5.26 Å². The van der Waals surface area contributed by atoms with Crippen molar-refractivity contribution in [3.05, 3.63) is 29.6 Å². The van der Waals surface area contributed by atoms with E-state index < -0.39 is 20.3 Å². The molecule has 0 aliphatic rings. The highest BCUT2D eigenvalue weighted by Crippen LogP contribution is 2.02. The highest BCUT2D eigenvalue weighted by atomic mass is 19.1. The van der Waals surface area contributed by atoms with Crippen LogP contribution in [-0.4, -0.2) is 45.8 Å². The van der Waals surface area contributed by atoms with Gasteiger partial charge < -0.3 is 24.0 Å². The Bertz CT molecular complexity index is 417. The van der Waals surface area contributed by atoms with Crippen LogP contribution in [0.15, 0.2) is 18.2 Å². The number of benzene rings is 1. The maximum absolute atomic E-state index is 12.6. The van der Waals surface area contributed by atoms with Gasteiger partial charge >= 0.3 is 14.4 Å². The second kappa shape index (κ2) is 9.49. The molecule has 0 fully saturated rings. The lowest BCUT2D eigenvalue weighted by Gasteiger charge is -2.01. The summed E-state index contributed by atoms with van der Waals surface area (Å²) in [5, 5.41) is 25.7. The molecule has 0 saturated carbocycles. The molecule has 0 aliphatic carbocycles. The van der Waals surface area contributed by atoms with Crippen molar-refractivity contribution in [1.82, 2.24) is 0 Å². The molecule has 2 N–H and O–H groups in total. The minimum Gasteiger partial charge on any atom is -0.423 e. The van der Waals surface area contributed by atoms with Gasteiger partial charge in [0, 0.05) is 21.3 Å². The fourth-order valence-corrected chi connectivity index (χ4v) is 1.08. The zero-order valence-corrected chi connectivity index (χ0v) is 10.8. The molecule has 102 valence electrons. The molecule has 0 atom stereocenters. The highest BCUT2D eigenvalue weighted by Gasteiger charge is 2.13. The first kappa shape index (κ1) is 17.6. The number of hydrogen-bond acceptors (Lipinski definition) is 6. The molecule has 0 unspecified atom stereocenters. The molecule has 0 saturated heterocycles. The van der Waals surface area contributed by atoms with Crippen LogP contribution in [0, 0.1) is 17.1 Å². The summed E-state index contributed by atoms with van der Waals surface area (Å²) >= 11 is 0. The van der Waals surface area contributed by atoms with Crippen LogP contribution in [0.4, 0.5) is 4.39 Å². The molecule has 0 amide bonds. The Labute approximate surface area is 111 Å². The van der Waals surface area contributed by atoms with E-state index in [1.807, 2.05) is 0 Å². The van der Waals surface area contributed by atoms with Gasteiger partial charge in [-0.3, -0.25) is 0 Å². The van der Waals surface area contributed by atoms with Crippen LogP contribution >= 0.6 is 0 Å². The Morgan fingerprint density at radius 1 is 1.16 bits per heavy atom. The van der Waals surface area contributed by atoms with Crippen molar-refractivity contribution < 1.29 is 28.4 Å². The Balaban J connectivity index is 0.000000399. The van der Waals surface area contributed by atoms with E-state index in [0.29, 0.717) is 0 Å². The fraction of sp³-hybridized carbons (Fsp3) is 0.300. The predicted molar refractivity (Wildman–Crippen MR) is 67.7 cm³/mol. The van der Waals surface area contributed by atoms with Crippen LogP contribution in [0.1, 0.15) is 5.56 Å². The maximum Gasteiger partial charge on any atom is 0.638 e. The van der Waals surface area contributed by atoms with Crippen molar-refractivity contribution in [3.63, 3.8) is 0 Å². The molecule has 1 rings (SSSR count). The molecule has 0 spiro atoms. The van der Waals surface area contributed by atoms with Gasteiger partial charge in [-0.1, -0.05) is 6.07 Å². The quantitative estimate of drug-likeness (QED) is 0.701. The van der Waals surface area contributed by atoms with Gasteiger partial charge in [0.25, 0.3) is 0 Å². The molecular weight excluding hydrogens is 255 g/mol. The lowest BCUT2D eigenvalue weighted by molar-refractivity contribution is 0.163. The molecule has 0 aromatic heterocycles. The Morgan fingerprint density at radius 2 is 1.68 bits per heavy atom. The third kappa shape index (κ3) is 6.33. The molecule has 0 heterocycles. The Morgan fingerprint density at radius 3 is 2.00 bits per heavy atom. The second-order valence-corrected chi connectivity index (χ2v) is 3.22. The van der Waals surface area contributed by atoms with E-state index in [2.05, 4.69) is 14.0 Å². The minimum atomic E-state index is -1.67. The van der Waals surface area contributed by atoms with E-state index in [1.54, 1.807) is 6.07 Å². The SMILES string of the molecule is COB(OC)OC.N#Cc1cc(B(O)O)ccc1F. The number of hydrogen-bond donors (Lipinski definition) is 2. The third-order valence-corrected chi connectivity index (χ3v) is 1.99. The smallest absolute Gasteiger partial charge is 0.423 e. The molecular formula is C10H14B2FNO5. The van der Waals surface area contributed by atoms with E-state index in [9.17, 15) is 4.39 Å². The van der Waals surface area contributed by atoms with Crippen LogP contribution in [-0.2, 0) is 14.0 Å². The topological polar surface area (TPSA) is 91.9 Å². The number of nitriles is 1. The van der Waals surface area contributed by atoms with Crippen LogP contribution in [0.2, 0.25) is 0 Å². The summed E-state index contributed by atoms with van der Waals surface area (Å²) in [6, 6.07) is 4.92. The van der Waals surface area contributed by atoms with Gasteiger partial charge in [0.15, 0.2) is 0 Å². The van der Waals surface area contributed by atoms with Gasteiger partial charge in [-0.2, -0.15) is 5.26 Å². The molecule has 6 nitrogen and oxygen atoms in total. The van der Waals surface area contributed by atoms with Gasteiger partial charge in [0.05, 0.1) is 5.56 Å². The Hall–Kier alpha value is -1.43. The monoisotopic (exact) mass is 269 g/mol. The first-order valence-electron chi connectivity index (χ1n) is 5.14. The molecule has 0 radical (unpaired) electrons. The standard InChI is InChI=1S/C7H5BFNO2.C3H9BO3/c9-7-2-1-6(8(11)12)3-5(7)4-10;1-5-4(6-2)7-3/h1-3,11-12H;1-3H3. The van der Waals surface area contributed by atoms with Crippen LogP contribution < -0.4 is 5.46 Å². The van der Waals surface area contributed by atoms with Gasteiger partial charge in [-0.15, -0.1) is 0 Å². The number of rotatable bonds is 4. The van der Waals surface area contributed by atoms with Crippen LogP contribution in [0.3, 0.4) is 0 Å². The van der Waals surface area contributed by atoms with E-state index in [1.165, 1.54) is 27.4 Å². The highest BCUT2D eigenvalue weighted by molar-refractivity contribution is 6.58. The molecule has 0 bridgehead atoms. The first-order chi connectivity index (χ1) is 8.99. The van der Waals surface area contributed by atoms with Gasteiger partial charge in [0.2, 0.25) is 0 Å². The van der Waals surface area contributed by atoms with E-state index >= 15 is 0 Å². The normalized spacial score (nSPS) is 9.11. The van der Waals surface area contributed by atoms with E-state index in [-0.39, 0.29) is 11.0 Å². The van der Waals surface area contributed by atoms with Crippen molar-refractivity contribution in [2.24, 2.45) is 0 Å². The van der Waals surface area contributed by atoms with Crippen molar-refractivity contribution in [2.45, 2.75) is 0 Å². The first-order valence-corrected chi connectivity index (χ1v) is 5.14. The number of halogens is 1. The average molecular weight is 269 g/mol. The summed E-state index contributed by atoms with van der Waals surface area (Å²) < 4.78 is 26.5. The van der Waals surface area contributed by atoms with Gasteiger partial charge in [0.1, 0.15) is 11.9 Å². The van der Waals surface area contributed by atoms with Crippen molar-refractivity contribution >= 4 is 19.9 Å². The summed E-state index contributed by atoms with van der Waals surface area (Å²) in [6.07, 6.45) is 0. The summed E-state index contributed by atoms with van der Waals surface area (Å²) in [4.78, 5) is 0. The summed E-state index contributed by atoms with van der Waals surface area (Å²) in [5.74, 6) is -0.665. The largest absolute Gasteiger partial charge is 0.638 e. The lowest BCUT2D eigenvalue weighted by Crippen LogP contribution is -2.30. The average Bonchev–Trinajstić information content (AvgIpc) is 2.41. The zero-order chi connectivity index (χ0) is 14.8. The molecule has 0 aliphatic heterocycles. The fourth-order valence-electron chi connectivity index (χ4n) is 1.08. The second-order valence-electron chi connectivity index (χ2n) is 3.22. The molecule has 19 heavy (non-hydrogen) atoms. The van der Waals surface area contributed by atoms with Crippen molar-refractivity contribution in [3.8, 4) is 6.07 Å². The third-order valence-electron chi connectivity index (χ3n) is 1.99. The predicted octanol–water partition coefficient (Wildman–Crippen LogP) is -0.712. The summed E-state index contributed by atoms with van der Waals surface area (Å²) in [5.41, 5.74) is -0.0893. The minimum absolute atomic E-state index is 0.105. The Kier molecular flexibility index (Phi) is 8.78.